The summed E-state index contributed by atoms with van der Waals surface area (Å²) in [5, 5.41) is 5.30. The minimum absolute atomic E-state index is 0.142. The van der Waals surface area contributed by atoms with E-state index in [0.717, 1.165) is 4.31 Å². The topological polar surface area (TPSA) is 105 Å². The molecule has 0 atom stereocenters. The normalized spacial score (nSPS) is 11.1. The van der Waals surface area contributed by atoms with Crippen LogP contribution in [0.25, 0.3) is 0 Å². The summed E-state index contributed by atoms with van der Waals surface area (Å²) < 4.78 is 30.5. The van der Waals surface area contributed by atoms with E-state index in [9.17, 15) is 18.0 Å². The van der Waals surface area contributed by atoms with E-state index in [1.54, 1.807) is 24.3 Å². The third-order valence-corrected chi connectivity index (χ3v) is 5.29. The highest BCUT2D eigenvalue weighted by atomic mass is 32.2. The fraction of sp³-hybridized carbons (Fsp3) is 0.222. The molecule has 0 unspecified atom stereocenters. The largest absolute Gasteiger partial charge is 0.484 e. The van der Waals surface area contributed by atoms with Gasteiger partial charge in [0.1, 0.15) is 5.75 Å². The quantitative estimate of drug-likeness (QED) is 0.750. The zero-order valence-corrected chi connectivity index (χ0v) is 16.0. The first-order chi connectivity index (χ1) is 12.7. The Labute approximate surface area is 158 Å². The van der Waals surface area contributed by atoms with Gasteiger partial charge in [-0.1, -0.05) is 0 Å². The van der Waals surface area contributed by atoms with Crippen molar-refractivity contribution in [2.75, 3.05) is 31.3 Å². The first kappa shape index (κ1) is 20.4. The Kier molecular flexibility index (Phi) is 6.54. The highest BCUT2D eigenvalue weighted by molar-refractivity contribution is 7.89. The minimum atomic E-state index is -3.50. The Bertz CT molecular complexity index is 907. The summed E-state index contributed by atoms with van der Waals surface area (Å²) in [4.78, 5) is 23.1. The van der Waals surface area contributed by atoms with Crippen molar-refractivity contribution in [1.29, 1.82) is 0 Å². The van der Waals surface area contributed by atoms with Crippen molar-refractivity contribution in [3.8, 4) is 5.75 Å². The monoisotopic (exact) mass is 391 g/mol. The van der Waals surface area contributed by atoms with Crippen LogP contribution in [0.1, 0.15) is 6.92 Å². The molecular formula is C18H21N3O5S. The van der Waals surface area contributed by atoms with Crippen molar-refractivity contribution in [3.05, 3.63) is 48.5 Å². The number of sulfonamides is 1. The van der Waals surface area contributed by atoms with Gasteiger partial charge in [0.25, 0.3) is 5.91 Å². The highest BCUT2D eigenvalue weighted by Crippen LogP contribution is 2.18. The molecule has 0 radical (unpaired) electrons. The maximum absolute atomic E-state index is 12.0. The lowest BCUT2D eigenvalue weighted by atomic mass is 10.2. The molecule has 0 heterocycles. The van der Waals surface area contributed by atoms with Gasteiger partial charge in [0.2, 0.25) is 15.9 Å². The fourth-order valence-electron chi connectivity index (χ4n) is 2.10. The number of nitrogens with one attached hydrogen (secondary N) is 2. The molecule has 0 aliphatic rings. The smallest absolute Gasteiger partial charge is 0.262 e. The van der Waals surface area contributed by atoms with E-state index >= 15 is 0 Å². The van der Waals surface area contributed by atoms with Gasteiger partial charge >= 0.3 is 0 Å². The standard InChI is InChI=1S/C18H21N3O5S/c1-13(22)19-14-4-6-15(7-5-14)20-18(23)12-26-16-8-10-17(11-9-16)27(24,25)21(2)3/h4-11H,12H2,1-3H3,(H,19,22)(H,20,23). The maximum atomic E-state index is 12.0. The molecule has 9 heteroatoms. The lowest BCUT2D eigenvalue weighted by Gasteiger charge is -2.12. The van der Waals surface area contributed by atoms with Crippen LogP contribution in [0.5, 0.6) is 5.75 Å². The number of amides is 2. The first-order valence-electron chi connectivity index (χ1n) is 8.01. The molecule has 144 valence electrons. The molecule has 2 aromatic rings. The van der Waals surface area contributed by atoms with E-state index in [0.29, 0.717) is 17.1 Å². The molecular weight excluding hydrogens is 370 g/mol. The van der Waals surface area contributed by atoms with Gasteiger partial charge in [-0.15, -0.1) is 0 Å². The van der Waals surface area contributed by atoms with E-state index < -0.39 is 10.0 Å². The first-order valence-corrected chi connectivity index (χ1v) is 9.45. The fourth-order valence-corrected chi connectivity index (χ4v) is 3.01. The zero-order valence-electron chi connectivity index (χ0n) is 15.2. The third kappa shape index (κ3) is 5.80. The van der Waals surface area contributed by atoms with Crippen molar-refractivity contribution in [2.24, 2.45) is 0 Å². The number of hydrogen-bond donors (Lipinski definition) is 2. The van der Waals surface area contributed by atoms with Gasteiger partial charge in [0, 0.05) is 32.4 Å². The predicted octanol–water partition coefficient (Wildman–Crippen LogP) is 1.91. The lowest BCUT2D eigenvalue weighted by Crippen LogP contribution is -2.22. The highest BCUT2D eigenvalue weighted by Gasteiger charge is 2.16. The average molecular weight is 391 g/mol. The van der Waals surface area contributed by atoms with Crippen molar-refractivity contribution in [3.63, 3.8) is 0 Å². The van der Waals surface area contributed by atoms with Crippen LogP contribution in [0.4, 0.5) is 11.4 Å². The number of benzene rings is 2. The predicted molar refractivity (Wildman–Crippen MR) is 102 cm³/mol. The molecule has 0 saturated carbocycles. The second-order valence-electron chi connectivity index (χ2n) is 5.85. The molecule has 0 saturated heterocycles. The van der Waals surface area contributed by atoms with Gasteiger partial charge in [-0.05, 0) is 48.5 Å². The molecule has 0 bridgehead atoms. The summed E-state index contributed by atoms with van der Waals surface area (Å²) in [6.07, 6.45) is 0. The Morgan fingerprint density at radius 3 is 1.93 bits per heavy atom. The van der Waals surface area contributed by atoms with E-state index in [2.05, 4.69) is 10.6 Å². The van der Waals surface area contributed by atoms with E-state index in [-0.39, 0.29) is 23.3 Å². The number of anilines is 2. The number of nitrogens with zero attached hydrogens (tertiary/aromatic N) is 1. The molecule has 2 rings (SSSR count). The van der Waals surface area contributed by atoms with Crippen molar-refractivity contribution in [2.45, 2.75) is 11.8 Å². The van der Waals surface area contributed by atoms with Crippen LogP contribution < -0.4 is 15.4 Å². The van der Waals surface area contributed by atoms with Crippen LogP contribution in [0.3, 0.4) is 0 Å². The van der Waals surface area contributed by atoms with Crippen molar-refractivity contribution in [1.82, 2.24) is 4.31 Å². The molecule has 2 amide bonds. The van der Waals surface area contributed by atoms with Crippen LogP contribution in [0.2, 0.25) is 0 Å². The molecule has 2 N–H and O–H groups in total. The van der Waals surface area contributed by atoms with Gasteiger partial charge in [0.05, 0.1) is 4.90 Å². The SMILES string of the molecule is CC(=O)Nc1ccc(NC(=O)COc2ccc(S(=O)(=O)N(C)C)cc2)cc1. The van der Waals surface area contributed by atoms with Crippen LogP contribution in [0, 0.1) is 0 Å². The Morgan fingerprint density at radius 1 is 0.926 bits per heavy atom. The third-order valence-electron chi connectivity index (χ3n) is 3.46. The second-order valence-corrected chi connectivity index (χ2v) is 8.01. The lowest BCUT2D eigenvalue weighted by molar-refractivity contribution is -0.118. The summed E-state index contributed by atoms with van der Waals surface area (Å²) in [5.74, 6) is -0.166. The number of hydrogen-bond acceptors (Lipinski definition) is 5. The van der Waals surface area contributed by atoms with Crippen LogP contribution >= 0.6 is 0 Å². The molecule has 0 aliphatic heterocycles. The van der Waals surface area contributed by atoms with E-state index in [1.165, 1.54) is 45.3 Å². The molecule has 0 aromatic heterocycles. The number of rotatable bonds is 7. The Hall–Kier alpha value is -2.91. The van der Waals surface area contributed by atoms with E-state index in [4.69, 9.17) is 4.74 Å². The summed E-state index contributed by atoms with van der Waals surface area (Å²) in [6, 6.07) is 12.5. The molecule has 0 aliphatic carbocycles. The van der Waals surface area contributed by atoms with Gasteiger partial charge in [-0.25, -0.2) is 12.7 Å². The van der Waals surface area contributed by atoms with Crippen LogP contribution in [-0.2, 0) is 19.6 Å². The number of ether oxygens (including phenoxy) is 1. The van der Waals surface area contributed by atoms with Gasteiger partial charge in [-0.3, -0.25) is 9.59 Å². The summed E-state index contributed by atoms with van der Waals surface area (Å²) >= 11 is 0. The summed E-state index contributed by atoms with van der Waals surface area (Å²) in [6.45, 7) is 1.18. The number of carbonyl (C=O) groups excluding carboxylic acids is 2. The van der Waals surface area contributed by atoms with Crippen LogP contribution in [-0.4, -0.2) is 45.2 Å². The summed E-state index contributed by atoms with van der Waals surface area (Å²) in [5.41, 5.74) is 1.19. The molecule has 2 aromatic carbocycles. The molecule has 27 heavy (non-hydrogen) atoms. The minimum Gasteiger partial charge on any atom is -0.484 e. The van der Waals surface area contributed by atoms with Crippen molar-refractivity contribution >= 4 is 33.2 Å². The molecule has 8 nitrogen and oxygen atoms in total. The van der Waals surface area contributed by atoms with Gasteiger partial charge < -0.3 is 15.4 Å². The van der Waals surface area contributed by atoms with Crippen molar-refractivity contribution < 1.29 is 22.7 Å². The average Bonchev–Trinajstić information content (AvgIpc) is 2.61. The Balaban J connectivity index is 1.89. The number of carbonyl (C=O) groups is 2. The molecule has 0 spiro atoms. The van der Waals surface area contributed by atoms with Gasteiger partial charge in [0.15, 0.2) is 6.61 Å². The maximum Gasteiger partial charge on any atom is 0.262 e. The van der Waals surface area contributed by atoms with Gasteiger partial charge in [-0.2, -0.15) is 0 Å². The molecule has 0 fully saturated rings. The van der Waals surface area contributed by atoms with E-state index in [1.807, 2.05) is 0 Å². The zero-order chi connectivity index (χ0) is 20.0. The Morgan fingerprint density at radius 2 is 1.44 bits per heavy atom. The summed E-state index contributed by atoms with van der Waals surface area (Å²) in [7, 11) is -0.602. The van der Waals surface area contributed by atoms with Crippen LogP contribution in [0.15, 0.2) is 53.4 Å². The second kappa shape index (κ2) is 8.65.